The lowest BCUT2D eigenvalue weighted by molar-refractivity contribution is -0.167. The summed E-state index contributed by atoms with van der Waals surface area (Å²) >= 11 is 0. The minimum atomic E-state index is -0.784. The van der Waals surface area contributed by atoms with E-state index in [1.54, 1.807) is 0 Å². The van der Waals surface area contributed by atoms with Crippen LogP contribution in [0.4, 0.5) is 0 Å². The van der Waals surface area contributed by atoms with Crippen molar-refractivity contribution in [3.8, 4) is 0 Å². The van der Waals surface area contributed by atoms with Crippen molar-refractivity contribution in [3.05, 3.63) is 85.1 Å². The molecule has 0 aromatic heterocycles. The van der Waals surface area contributed by atoms with Gasteiger partial charge in [-0.1, -0.05) is 350 Å². The SMILES string of the molecule is CC/C=C\C/C=C\C/C=C\C/C=C\C/C=C\C/C=C\C/C=C\CCCCCCCC(=O)OCC(COC(=O)CCCCCCCCCCCCCCCCC)OC(=O)CCCCCCCCCCCCCCCCCCCCCCCC. The maximum atomic E-state index is 13.0. The van der Waals surface area contributed by atoms with E-state index in [1.807, 2.05) is 0 Å². The summed E-state index contributed by atoms with van der Waals surface area (Å²) in [7, 11) is 0. The van der Waals surface area contributed by atoms with E-state index in [2.05, 4.69) is 106 Å². The van der Waals surface area contributed by atoms with E-state index >= 15 is 0 Å². The molecular formula is C76H134O6. The third-order valence-electron chi connectivity index (χ3n) is 15.7. The third-order valence-corrected chi connectivity index (χ3v) is 15.7. The van der Waals surface area contributed by atoms with Crippen molar-refractivity contribution in [2.24, 2.45) is 0 Å². The monoisotopic (exact) mass is 1140 g/mol. The van der Waals surface area contributed by atoms with Crippen LogP contribution < -0.4 is 0 Å². The third kappa shape index (κ3) is 67.4. The molecule has 0 heterocycles. The van der Waals surface area contributed by atoms with Crippen LogP contribution in [0.5, 0.6) is 0 Å². The standard InChI is InChI=1S/C76H134O6/c1-4-7-10-13-16-19-22-25-28-30-32-34-36-37-38-39-40-42-43-45-48-51-54-57-60-63-66-69-75(78)81-72-73(71-80-74(77)68-65-62-59-56-53-50-47-27-24-21-18-15-12-9-6-3)82-76(79)70-67-64-61-58-55-52-49-46-44-41-35-33-31-29-26-23-20-17-14-11-8-5-2/h7,10,16,19,25,28,32,34,37-38,40,42,45,48,73H,4-6,8-9,11-15,17-18,20-24,26-27,29-31,33,35-36,39,41,43-44,46-47,49-72H2,1-3H3/b10-7-,19-16-,28-25-,34-32-,38-37-,42-40-,48-45-. The molecule has 6 heteroatoms. The van der Waals surface area contributed by atoms with Gasteiger partial charge in [-0.25, -0.2) is 0 Å². The Kier molecular flexibility index (Phi) is 67.2. The molecule has 0 saturated carbocycles. The highest BCUT2D eigenvalue weighted by atomic mass is 16.6. The summed E-state index contributed by atoms with van der Waals surface area (Å²) in [6.45, 7) is 6.57. The van der Waals surface area contributed by atoms with Crippen LogP contribution >= 0.6 is 0 Å². The number of hydrogen-bond donors (Lipinski definition) is 0. The number of allylic oxidation sites excluding steroid dienone is 14. The molecule has 0 fully saturated rings. The average Bonchev–Trinajstić information content (AvgIpc) is 3.47. The van der Waals surface area contributed by atoms with Gasteiger partial charge in [0.1, 0.15) is 13.2 Å². The highest BCUT2D eigenvalue weighted by molar-refractivity contribution is 5.71. The molecule has 0 N–H and O–H groups in total. The number of carbonyl (C=O) groups is 3. The topological polar surface area (TPSA) is 78.9 Å². The van der Waals surface area contributed by atoms with Gasteiger partial charge in [0, 0.05) is 19.3 Å². The van der Waals surface area contributed by atoms with Gasteiger partial charge in [-0.05, 0) is 77.0 Å². The van der Waals surface area contributed by atoms with Crippen LogP contribution in [0, 0.1) is 0 Å². The van der Waals surface area contributed by atoms with Gasteiger partial charge >= 0.3 is 17.9 Å². The van der Waals surface area contributed by atoms with Gasteiger partial charge < -0.3 is 14.2 Å². The summed E-state index contributed by atoms with van der Waals surface area (Å²) < 4.78 is 17.0. The molecule has 82 heavy (non-hydrogen) atoms. The fourth-order valence-corrected chi connectivity index (χ4v) is 10.4. The number of carbonyl (C=O) groups excluding carboxylic acids is 3. The van der Waals surface area contributed by atoms with Crippen molar-refractivity contribution in [2.45, 2.75) is 367 Å². The summed E-state index contributed by atoms with van der Waals surface area (Å²) in [5.74, 6) is -0.875. The lowest BCUT2D eigenvalue weighted by Gasteiger charge is -2.18. The Morgan fingerprint density at radius 2 is 0.476 bits per heavy atom. The first-order chi connectivity index (χ1) is 40.5. The van der Waals surface area contributed by atoms with E-state index in [0.717, 1.165) is 122 Å². The van der Waals surface area contributed by atoms with Crippen LogP contribution in [-0.2, 0) is 28.6 Å². The molecule has 6 nitrogen and oxygen atoms in total. The molecule has 0 aliphatic rings. The number of hydrogen-bond acceptors (Lipinski definition) is 6. The van der Waals surface area contributed by atoms with Crippen LogP contribution in [0.1, 0.15) is 361 Å². The van der Waals surface area contributed by atoms with Gasteiger partial charge in [-0.2, -0.15) is 0 Å². The van der Waals surface area contributed by atoms with Crippen LogP contribution in [0.3, 0.4) is 0 Å². The molecule has 0 radical (unpaired) electrons. The minimum absolute atomic E-state index is 0.0776. The molecule has 1 atom stereocenters. The molecule has 0 spiro atoms. The smallest absolute Gasteiger partial charge is 0.306 e. The molecule has 1 unspecified atom stereocenters. The van der Waals surface area contributed by atoms with Crippen LogP contribution in [0.15, 0.2) is 85.1 Å². The maximum absolute atomic E-state index is 13.0. The van der Waals surface area contributed by atoms with Crippen LogP contribution in [0.25, 0.3) is 0 Å². The van der Waals surface area contributed by atoms with Crippen LogP contribution in [0.2, 0.25) is 0 Å². The number of rotatable bonds is 65. The van der Waals surface area contributed by atoms with Crippen molar-refractivity contribution in [1.82, 2.24) is 0 Å². The normalized spacial score (nSPS) is 12.6. The Balaban J connectivity index is 4.35. The molecule has 0 aliphatic carbocycles. The summed E-state index contributed by atoms with van der Waals surface area (Å²) in [5.41, 5.74) is 0. The van der Waals surface area contributed by atoms with E-state index in [0.29, 0.717) is 19.3 Å². The molecule has 0 aromatic rings. The zero-order valence-electron chi connectivity index (χ0n) is 54.5. The second kappa shape index (κ2) is 70.1. The zero-order chi connectivity index (χ0) is 59.2. The van der Waals surface area contributed by atoms with Gasteiger partial charge in [0.15, 0.2) is 6.10 Å². The summed E-state index contributed by atoms with van der Waals surface area (Å²) in [4.78, 5) is 38.5. The predicted octanol–water partition coefficient (Wildman–Crippen LogP) is 24.6. The maximum Gasteiger partial charge on any atom is 0.306 e. The van der Waals surface area contributed by atoms with Crippen LogP contribution in [-0.4, -0.2) is 37.2 Å². The van der Waals surface area contributed by atoms with Crippen molar-refractivity contribution in [2.75, 3.05) is 13.2 Å². The molecule has 0 bridgehead atoms. The first-order valence-electron chi connectivity index (χ1n) is 35.6. The summed E-state index contributed by atoms with van der Waals surface area (Å²) in [6, 6.07) is 0. The highest BCUT2D eigenvalue weighted by Crippen LogP contribution is 2.18. The molecular weight excluding hydrogens is 1010 g/mol. The second-order valence-electron chi connectivity index (χ2n) is 23.8. The van der Waals surface area contributed by atoms with E-state index in [9.17, 15) is 14.4 Å². The Labute approximate surface area is 509 Å². The lowest BCUT2D eigenvalue weighted by Crippen LogP contribution is -2.30. The quantitative estimate of drug-likeness (QED) is 0.0261. The van der Waals surface area contributed by atoms with E-state index < -0.39 is 6.10 Å². The van der Waals surface area contributed by atoms with Crippen molar-refractivity contribution in [1.29, 1.82) is 0 Å². The van der Waals surface area contributed by atoms with Gasteiger partial charge in [0.05, 0.1) is 0 Å². The Hall–Kier alpha value is -3.41. The molecule has 0 saturated heterocycles. The van der Waals surface area contributed by atoms with Crippen molar-refractivity contribution in [3.63, 3.8) is 0 Å². The van der Waals surface area contributed by atoms with Gasteiger partial charge in [0.25, 0.3) is 0 Å². The predicted molar refractivity (Wildman–Crippen MR) is 358 cm³/mol. The van der Waals surface area contributed by atoms with Gasteiger partial charge in [0.2, 0.25) is 0 Å². The Morgan fingerprint density at radius 3 is 0.744 bits per heavy atom. The lowest BCUT2D eigenvalue weighted by atomic mass is 10.0. The van der Waals surface area contributed by atoms with Crippen molar-refractivity contribution < 1.29 is 28.6 Å². The number of esters is 3. The summed E-state index contributed by atoms with van der Waals surface area (Å²) in [5, 5.41) is 0. The molecule has 0 amide bonds. The fourth-order valence-electron chi connectivity index (χ4n) is 10.4. The largest absolute Gasteiger partial charge is 0.462 e. The molecule has 474 valence electrons. The number of unbranched alkanes of at least 4 members (excludes halogenated alkanes) is 40. The molecule has 0 aliphatic heterocycles. The minimum Gasteiger partial charge on any atom is -0.462 e. The summed E-state index contributed by atoms with van der Waals surface area (Å²) in [6.07, 6.45) is 93.2. The highest BCUT2D eigenvalue weighted by Gasteiger charge is 2.19. The first-order valence-corrected chi connectivity index (χ1v) is 35.6. The van der Waals surface area contributed by atoms with Crippen molar-refractivity contribution >= 4 is 17.9 Å². The molecule has 0 aromatic carbocycles. The average molecular weight is 1140 g/mol. The molecule has 0 rings (SSSR count). The van der Waals surface area contributed by atoms with Gasteiger partial charge in [-0.3, -0.25) is 14.4 Å². The van der Waals surface area contributed by atoms with E-state index in [4.69, 9.17) is 14.2 Å². The van der Waals surface area contributed by atoms with E-state index in [-0.39, 0.29) is 31.1 Å². The number of ether oxygens (including phenoxy) is 3. The first kappa shape index (κ1) is 78.6. The second-order valence-corrected chi connectivity index (χ2v) is 23.8. The Bertz CT molecular complexity index is 1550. The Morgan fingerprint density at radius 1 is 0.256 bits per heavy atom. The zero-order valence-corrected chi connectivity index (χ0v) is 54.5. The fraction of sp³-hybridized carbons (Fsp3) is 0.776. The van der Waals surface area contributed by atoms with E-state index in [1.165, 1.54) is 199 Å². The van der Waals surface area contributed by atoms with Gasteiger partial charge in [-0.15, -0.1) is 0 Å².